The molecule has 2 N–H and O–H groups in total. The SMILES string of the molecule is CCCCCCn1cc(Nc2ncc(C(=O)OCC)c(Nc3cccc(-c4ncn(C)n4)c3OC)n2)cn1. The maximum atomic E-state index is 12.7. The maximum absolute atomic E-state index is 12.7. The lowest BCUT2D eigenvalue weighted by Gasteiger charge is -2.16. The second kappa shape index (κ2) is 12.7. The van der Waals surface area contributed by atoms with Gasteiger partial charge in [0.15, 0.2) is 17.4 Å². The zero-order valence-electron chi connectivity index (χ0n) is 22.1. The summed E-state index contributed by atoms with van der Waals surface area (Å²) in [6, 6.07) is 5.52. The fourth-order valence-corrected chi connectivity index (χ4v) is 3.90. The highest BCUT2D eigenvalue weighted by atomic mass is 16.5. The quantitative estimate of drug-likeness (QED) is 0.189. The summed E-state index contributed by atoms with van der Waals surface area (Å²) in [5, 5.41) is 15.2. The molecule has 0 radical (unpaired) electrons. The van der Waals surface area contributed by atoms with E-state index in [1.165, 1.54) is 25.5 Å². The lowest BCUT2D eigenvalue weighted by Crippen LogP contribution is -2.12. The molecule has 0 spiro atoms. The Bertz CT molecular complexity index is 1370. The summed E-state index contributed by atoms with van der Waals surface area (Å²) in [5.74, 6) is 1.04. The highest BCUT2D eigenvalue weighted by Gasteiger charge is 2.20. The first kappa shape index (κ1) is 26.6. The average Bonchev–Trinajstić information content (AvgIpc) is 3.55. The number of benzene rings is 1. The molecular weight excluding hydrogens is 486 g/mol. The normalized spacial score (nSPS) is 10.8. The zero-order chi connectivity index (χ0) is 26.9. The molecule has 200 valence electrons. The van der Waals surface area contributed by atoms with Crippen LogP contribution in [0.3, 0.4) is 0 Å². The molecule has 0 atom stereocenters. The number of unbranched alkanes of at least 4 members (excludes halogenated alkanes) is 3. The Hall–Kier alpha value is -4.48. The van der Waals surface area contributed by atoms with Gasteiger partial charge in [0.05, 0.1) is 36.9 Å². The van der Waals surface area contributed by atoms with Gasteiger partial charge in [-0.25, -0.2) is 14.8 Å². The Morgan fingerprint density at radius 2 is 1.95 bits per heavy atom. The van der Waals surface area contributed by atoms with E-state index in [4.69, 9.17) is 9.47 Å². The van der Waals surface area contributed by atoms with Gasteiger partial charge in [-0.15, -0.1) is 0 Å². The van der Waals surface area contributed by atoms with Crippen LogP contribution in [0.15, 0.2) is 43.1 Å². The Balaban J connectivity index is 1.61. The van der Waals surface area contributed by atoms with Crippen LogP contribution in [0.5, 0.6) is 5.75 Å². The number of nitrogens with zero attached hydrogens (tertiary/aromatic N) is 7. The van der Waals surface area contributed by atoms with Crippen molar-refractivity contribution in [1.29, 1.82) is 0 Å². The van der Waals surface area contributed by atoms with Gasteiger partial charge in [0.2, 0.25) is 5.95 Å². The molecular formula is C26H33N9O3. The van der Waals surface area contributed by atoms with Crippen molar-refractivity contribution in [3.63, 3.8) is 0 Å². The fraction of sp³-hybridized carbons (Fsp3) is 0.385. The van der Waals surface area contributed by atoms with E-state index in [-0.39, 0.29) is 18.0 Å². The molecule has 0 amide bonds. The standard InChI is InChI=1S/C26H33N9O3/c1-5-7-8-9-13-35-16-18(14-29-35)30-26-27-15-20(25(36)38-6-2)24(32-26)31-21-12-10-11-19(22(21)37-4)23-28-17-34(3)33-23/h10-12,14-17H,5-9,13H2,1-4H3,(H2,27,30,31,32). The minimum absolute atomic E-state index is 0.187. The zero-order valence-corrected chi connectivity index (χ0v) is 22.1. The second-order valence-electron chi connectivity index (χ2n) is 8.61. The second-order valence-corrected chi connectivity index (χ2v) is 8.61. The predicted molar refractivity (Wildman–Crippen MR) is 144 cm³/mol. The molecule has 3 aromatic heterocycles. The number of para-hydroxylation sites is 1. The number of aromatic nitrogens is 7. The summed E-state index contributed by atoms with van der Waals surface area (Å²) in [6.45, 7) is 5.00. The lowest BCUT2D eigenvalue weighted by atomic mass is 10.1. The monoisotopic (exact) mass is 519 g/mol. The van der Waals surface area contributed by atoms with Crippen LogP contribution >= 0.6 is 0 Å². The van der Waals surface area contributed by atoms with Crippen LogP contribution in [0.1, 0.15) is 49.9 Å². The largest absolute Gasteiger partial charge is 0.494 e. The molecule has 0 unspecified atom stereocenters. The van der Waals surface area contributed by atoms with Crippen LogP contribution < -0.4 is 15.4 Å². The van der Waals surface area contributed by atoms with E-state index >= 15 is 0 Å². The highest BCUT2D eigenvalue weighted by molar-refractivity contribution is 5.96. The number of hydrogen-bond donors (Lipinski definition) is 2. The first-order chi connectivity index (χ1) is 18.5. The highest BCUT2D eigenvalue weighted by Crippen LogP contribution is 2.36. The number of carbonyl (C=O) groups excluding carboxylic acids is 1. The Labute approximate surface area is 221 Å². The van der Waals surface area contributed by atoms with Crippen LogP contribution in [0, 0.1) is 0 Å². The predicted octanol–water partition coefficient (Wildman–Crippen LogP) is 4.72. The van der Waals surface area contributed by atoms with Crippen LogP contribution in [-0.4, -0.2) is 54.2 Å². The number of rotatable bonds is 13. The van der Waals surface area contributed by atoms with Crippen molar-refractivity contribution in [3.8, 4) is 17.1 Å². The van der Waals surface area contributed by atoms with Crippen molar-refractivity contribution in [1.82, 2.24) is 34.5 Å². The Kier molecular flexibility index (Phi) is 8.85. The Morgan fingerprint density at radius 3 is 2.68 bits per heavy atom. The number of carbonyl (C=O) groups is 1. The average molecular weight is 520 g/mol. The number of methoxy groups -OCH3 is 1. The Morgan fingerprint density at radius 1 is 1.08 bits per heavy atom. The number of anilines is 4. The molecule has 0 aliphatic heterocycles. The third-order valence-corrected chi connectivity index (χ3v) is 5.73. The minimum Gasteiger partial charge on any atom is -0.494 e. The molecule has 0 saturated carbocycles. The maximum Gasteiger partial charge on any atom is 0.343 e. The molecule has 1 aromatic carbocycles. The summed E-state index contributed by atoms with van der Waals surface area (Å²) in [7, 11) is 3.36. The molecule has 3 heterocycles. The van der Waals surface area contributed by atoms with Crippen molar-refractivity contribution in [3.05, 3.63) is 48.7 Å². The summed E-state index contributed by atoms with van der Waals surface area (Å²) >= 11 is 0. The van der Waals surface area contributed by atoms with Crippen molar-refractivity contribution in [2.75, 3.05) is 24.4 Å². The molecule has 12 nitrogen and oxygen atoms in total. The van der Waals surface area contributed by atoms with Crippen LogP contribution in [0.25, 0.3) is 11.4 Å². The van der Waals surface area contributed by atoms with Gasteiger partial charge in [-0.1, -0.05) is 32.3 Å². The molecule has 0 bridgehead atoms. The first-order valence-electron chi connectivity index (χ1n) is 12.7. The van der Waals surface area contributed by atoms with Gasteiger partial charge in [-0.05, 0) is 25.5 Å². The molecule has 0 fully saturated rings. The number of hydrogen-bond acceptors (Lipinski definition) is 10. The molecule has 4 aromatic rings. The van der Waals surface area contributed by atoms with Gasteiger partial charge in [-0.2, -0.15) is 15.2 Å². The van der Waals surface area contributed by atoms with Crippen molar-refractivity contribution >= 4 is 29.1 Å². The lowest BCUT2D eigenvalue weighted by molar-refractivity contribution is 0.0526. The van der Waals surface area contributed by atoms with Gasteiger partial charge in [0.1, 0.15) is 11.9 Å². The van der Waals surface area contributed by atoms with Crippen molar-refractivity contribution in [2.24, 2.45) is 7.05 Å². The van der Waals surface area contributed by atoms with Crippen LogP contribution in [0.4, 0.5) is 23.1 Å². The smallest absolute Gasteiger partial charge is 0.343 e. The van der Waals surface area contributed by atoms with Gasteiger partial charge < -0.3 is 20.1 Å². The van der Waals surface area contributed by atoms with E-state index in [1.54, 1.807) is 38.3 Å². The number of ether oxygens (including phenoxy) is 2. The van der Waals surface area contributed by atoms with Crippen molar-refractivity contribution in [2.45, 2.75) is 46.1 Å². The summed E-state index contributed by atoms with van der Waals surface area (Å²) < 4.78 is 14.4. The molecule has 0 aliphatic carbocycles. The summed E-state index contributed by atoms with van der Waals surface area (Å²) in [4.78, 5) is 25.9. The minimum atomic E-state index is -0.539. The van der Waals surface area contributed by atoms with Crippen molar-refractivity contribution < 1.29 is 14.3 Å². The van der Waals surface area contributed by atoms with Crippen LogP contribution in [0.2, 0.25) is 0 Å². The third-order valence-electron chi connectivity index (χ3n) is 5.73. The van der Waals surface area contributed by atoms with Gasteiger partial charge in [0, 0.05) is 26.0 Å². The number of nitrogens with one attached hydrogen (secondary N) is 2. The van der Waals surface area contributed by atoms with Crippen LogP contribution in [-0.2, 0) is 18.3 Å². The molecule has 4 rings (SSSR count). The first-order valence-corrected chi connectivity index (χ1v) is 12.7. The van der Waals surface area contributed by atoms with Gasteiger partial charge in [0.25, 0.3) is 0 Å². The summed E-state index contributed by atoms with van der Waals surface area (Å²) in [5.41, 5.74) is 2.20. The molecule has 38 heavy (non-hydrogen) atoms. The van der Waals surface area contributed by atoms with E-state index in [9.17, 15) is 4.79 Å². The van der Waals surface area contributed by atoms with E-state index < -0.39 is 5.97 Å². The number of aryl methyl sites for hydroxylation is 2. The van der Waals surface area contributed by atoms with E-state index in [1.807, 2.05) is 29.1 Å². The number of esters is 1. The fourth-order valence-electron chi connectivity index (χ4n) is 3.90. The molecule has 0 aliphatic rings. The van der Waals surface area contributed by atoms with E-state index in [2.05, 4.69) is 42.7 Å². The summed E-state index contributed by atoms with van der Waals surface area (Å²) in [6.07, 6.45) is 11.3. The van der Waals surface area contributed by atoms with Gasteiger partial charge >= 0.3 is 5.97 Å². The molecule has 12 heteroatoms. The topological polar surface area (TPSA) is 134 Å². The van der Waals surface area contributed by atoms with E-state index in [0.29, 0.717) is 28.8 Å². The third kappa shape index (κ3) is 6.44. The van der Waals surface area contributed by atoms with E-state index in [0.717, 1.165) is 18.7 Å². The molecule has 0 saturated heterocycles. The van der Waals surface area contributed by atoms with Gasteiger partial charge in [-0.3, -0.25) is 9.36 Å².